The number of thioether (sulfide) groups is 1. The monoisotopic (exact) mass is 442 g/mol. The number of nitro benzene ring substituents is 1. The van der Waals surface area contributed by atoms with E-state index < -0.39 is 16.1 Å². The number of nitrogens with zero attached hydrogens (tertiary/aromatic N) is 2. The number of benzene rings is 2. The lowest BCUT2D eigenvalue weighted by atomic mass is 10.1. The summed E-state index contributed by atoms with van der Waals surface area (Å²) in [5, 5.41) is 11.2. The second-order valence-corrected chi connectivity index (χ2v) is 7.70. The van der Waals surface area contributed by atoms with Crippen LogP contribution in [-0.2, 0) is 11.3 Å². The predicted octanol–water partition coefficient (Wildman–Crippen LogP) is 5.79. The molecule has 6 nitrogen and oxygen atoms in total. The molecule has 0 saturated carbocycles. The summed E-state index contributed by atoms with van der Waals surface area (Å²) in [7, 11) is 0. The topological polar surface area (TPSA) is 80.5 Å². The van der Waals surface area contributed by atoms with Crippen molar-refractivity contribution in [2.45, 2.75) is 6.54 Å². The van der Waals surface area contributed by atoms with Crippen molar-refractivity contribution in [3.63, 3.8) is 0 Å². The standard InChI is InChI=1S/C17H9Cl3N2O4S/c18-11-3-2-10(5-13(11)20)8-21-16(23)15(27-17(21)24)7-9-1-4-12(19)14(6-9)22(25)26/h1-7H,8H2/b15-7-. The summed E-state index contributed by atoms with van der Waals surface area (Å²) in [5.74, 6) is -0.492. The van der Waals surface area contributed by atoms with Gasteiger partial charge in [-0.05, 0) is 47.2 Å². The fourth-order valence-electron chi connectivity index (χ4n) is 2.37. The molecule has 0 spiro atoms. The zero-order chi connectivity index (χ0) is 19.7. The Morgan fingerprint density at radius 1 is 1.04 bits per heavy atom. The van der Waals surface area contributed by atoms with Gasteiger partial charge in [-0.3, -0.25) is 24.6 Å². The van der Waals surface area contributed by atoms with Crippen LogP contribution in [0, 0.1) is 10.1 Å². The summed E-state index contributed by atoms with van der Waals surface area (Å²) in [6.45, 7) is 0.0413. The molecule has 2 amide bonds. The molecule has 0 radical (unpaired) electrons. The highest BCUT2D eigenvalue weighted by atomic mass is 35.5. The number of hydrogen-bond acceptors (Lipinski definition) is 5. The number of amides is 2. The van der Waals surface area contributed by atoms with Crippen molar-refractivity contribution in [2.75, 3.05) is 0 Å². The lowest BCUT2D eigenvalue weighted by Crippen LogP contribution is -2.27. The normalized spacial score (nSPS) is 15.7. The number of rotatable bonds is 4. The van der Waals surface area contributed by atoms with E-state index in [1.807, 2.05) is 0 Å². The molecule has 2 aromatic carbocycles. The van der Waals surface area contributed by atoms with Gasteiger partial charge in [0, 0.05) is 6.07 Å². The van der Waals surface area contributed by atoms with Crippen molar-refractivity contribution >= 4 is 69.5 Å². The zero-order valence-electron chi connectivity index (χ0n) is 13.3. The predicted molar refractivity (Wildman–Crippen MR) is 106 cm³/mol. The molecule has 0 aliphatic carbocycles. The van der Waals surface area contributed by atoms with Crippen molar-refractivity contribution in [2.24, 2.45) is 0 Å². The number of carbonyl (C=O) groups is 2. The average molecular weight is 444 g/mol. The van der Waals surface area contributed by atoms with E-state index in [4.69, 9.17) is 34.8 Å². The third-order valence-electron chi connectivity index (χ3n) is 3.66. The van der Waals surface area contributed by atoms with Gasteiger partial charge >= 0.3 is 0 Å². The first-order chi connectivity index (χ1) is 12.8. The minimum absolute atomic E-state index is 0.00938. The number of hydrogen-bond donors (Lipinski definition) is 0. The van der Waals surface area contributed by atoms with Gasteiger partial charge in [-0.2, -0.15) is 0 Å². The third-order valence-corrected chi connectivity index (χ3v) is 5.63. The molecule has 0 unspecified atom stereocenters. The Bertz CT molecular complexity index is 1010. The third kappa shape index (κ3) is 4.27. The first-order valence-electron chi connectivity index (χ1n) is 7.39. The van der Waals surface area contributed by atoms with Gasteiger partial charge in [-0.25, -0.2) is 0 Å². The molecule has 1 saturated heterocycles. The summed E-state index contributed by atoms with van der Waals surface area (Å²) in [6.07, 6.45) is 1.42. The van der Waals surface area contributed by atoms with Crippen LogP contribution in [0.3, 0.4) is 0 Å². The number of imide groups is 1. The van der Waals surface area contributed by atoms with E-state index in [0.717, 1.165) is 16.7 Å². The molecule has 1 aliphatic heterocycles. The highest BCUT2D eigenvalue weighted by Crippen LogP contribution is 2.35. The first-order valence-corrected chi connectivity index (χ1v) is 9.34. The van der Waals surface area contributed by atoms with Gasteiger partial charge in [-0.15, -0.1) is 0 Å². The largest absolute Gasteiger partial charge is 0.293 e. The molecule has 0 bridgehead atoms. The van der Waals surface area contributed by atoms with Gasteiger partial charge < -0.3 is 0 Å². The Balaban J connectivity index is 1.85. The highest BCUT2D eigenvalue weighted by Gasteiger charge is 2.35. The van der Waals surface area contributed by atoms with Gasteiger partial charge in [0.25, 0.3) is 16.8 Å². The maximum atomic E-state index is 12.6. The molecular formula is C17H9Cl3N2O4S. The molecule has 1 fully saturated rings. The molecule has 138 valence electrons. The Morgan fingerprint density at radius 2 is 1.74 bits per heavy atom. The molecule has 1 heterocycles. The van der Waals surface area contributed by atoms with Gasteiger partial charge in [0.05, 0.1) is 26.4 Å². The van der Waals surface area contributed by atoms with E-state index in [0.29, 0.717) is 21.2 Å². The van der Waals surface area contributed by atoms with Crippen LogP contribution >= 0.6 is 46.6 Å². The summed E-state index contributed by atoms with van der Waals surface area (Å²) in [5.41, 5.74) is 0.765. The molecular weight excluding hydrogens is 435 g/mol. The lowest BCUT2D eigenvalue weighted by Gasteiger charge is -2.12. The van der Waals surface area contributed by atoms with Crippen LogP contribution in [0.4, 0.5) is 10.5 Å². The summed E-state index contributed by atoms with van der Waals surface area (Å²) in [4.78, 5) is 36.4. The Hall–Kier alpha value is -2.06. The van der Waals surface area contributed by atoms with E-state index in [-0.39, 0.29) is 22.2 Å². The molecule has 3 rings (SSSR count). The molecule has 1 aliphatic rings. The second-order valence-electron chi connectivity index (χ2n) is 5.48. The molecule has 2 aromatic rings. The van der Waals surface area contributed by atoms with Crippen molar-refractivity contribution in [3.05, 3.63) is 77.6 Å². The average Bonchev–Trinajstić information content (AvgIpc) is 2.87. The number of nitro groups is 1. The van der Waals surface area contributed by atoms with Gasteiger partial charge in [0.15, 0.2) is 0 Å². The van der Waals surface area contributed by atoms with E-state index in [2.05, 4.69) is 0 Å². The van der Waals surface area contributed by atoms with Crippen molar-refractivity contribution in [1.29, 1.82) is 0 Å². The minimum atomic E-state index is -0.615. The molecule has 0 atom stereocenters. The van der Waals surface area contributed by atoms with Crippen LogP contribution in [0.5, 0.6) is 0 Å². The molecule has 0 aromatic heterocycles. The molecule has 0 N–H and O–H groups in total. The van der Waals surface area contributed by atoms with E-state index >= 15 is 0 Å². The van der Waals surface area contributed by atoms with Gasteiger partial charge in [-0.1, -0.05) is 46.9 Å². The number of halogens is 3. The van der Waals surface area contributed by atoms with Crippen molar-refractivity contribution in [3.8, 4) is 0 Å². The Morgan fingerprint density at radius 3 is 2.41 bits per heavy atom. The SMILES string of the molecule is O=C1S/C(=C\c2ccc(Cl)c([N+](=O)[O-])c2)C(=O)N1Cc1ccc(Cl)c(Cl)c1. The summed E-state index contributed by atoms with van der Waals surface area (Å²) in [6, 6.07) is 8.98. The minimum Gasteiger partial charge on any atom is -0.268 e. The fourth-order valence-corrected chi connectivity index (χ4v) is 3.71. The van der Waals surface area contributed by atoms with Crippen LogP contribution in [0.1, 0.15) is 11.1 Å². The lowest BCUT2D eigenvalue weighted by molar-refractivity contribution is -0.384. The second kappa shape index (κ2) is 7.90. The van der Waals surface area contributed by atoms with Crippen molar-refractivity contribution < 1.29 is 14.5 Å². The van der Waals surface area contributed by atoms with Crippen LogP contribution in [0.25, 0.3) is 6.08 Å². The Labute approximate surface area is 172 Å². The van der Waals surface area contributed by atoms with Crippen LogP contribution < -0.4 is 0 Å². The Kier molecular flexibility index (Phi) is 5.76. The van der Waals surface area contributed by atoms with Gasteiger partial charge in [0.2, 0.25) is 0 Å². The fraction of sp³-hybridized carbons (Fsp3) is 0.0588. The van der Waals surface area contributed by atoms with E-state index in [9.17, 15) is 19.7 Å². The van der Waals surface area contributed by atoms with Crippen LogP contribution in [0.2, 0.25) is 15.1 Å². The maximum absolute atomic E-state index is 12.6. The van der Waals surface area contributed by atoms with Crippen LogP contribution in [-0.4, -0.2) is 21.0 Å². The van der Waals surface area contributed by atoms with Crippen molar-refractivity contribution in [1.82, 2.24) is 4.90 Å². The van der Waals surface area contributed by atoms with E-state index in [1.165, 1.54) is 24.3 Å². The highest BCUT2D eigenvalue weighted by molar-refractivity contribution is 8.18. The maximum Gasteiger partial charge on any atom is 0.293 e. The molecule has 27 heavy (non-hydrogen) atoms. The summed E-state index contributed by atoms with van der Waals surface area (Å²) < 4.78 is 0. The number of carbonyl (C=O) groups excluding carboxylic acids is 2. The first kappa shape index (κ1) is 19.7. The van der Waals surface area contributed by atoms with Gasteiger partial charge in [0.1, 0.15) is 5.02 Å². The van der Waals surface area contributed by atoms with E-state index in [1.54, 1.807) is 18.2 Å². The quantitative estimate of drug-likeness (QED) is 0.339. The zero-order valence-corrected chi connectivity index (χ0v) is 16.4. The summed E-state index contributed by atoms with van der Waals surface area (Å²) >= 11 is 18.4. The smallest absolute Gasteiger partial charge is 0.268 e. The molecule has 10 heteroatoms. The van der Waals surface area contributed by atoms with Crippen LogP contribution in [0.15, 0.2) is 41.3 Å².